The summed E-state index contributed by atoms with van der Waals surface area (Å²) in [5.74, 6) is 1.04. The second-order valence-corrected chi connectivity index (χ2v) is 9.80. The van der Waals surface area contributed by atoms with Gasteiger partial charge in [-0.25, -0.2) is 4.98 Å². The zero-order chi connectivity index (χ0) is 24.4. The fourth-order valence-corrected chi connectivity index (χ4v) is 5.17. The van der Waals surface area contributed by atoms with Gasteiger partial charge in [0.25, 0.3) is 5.91 Å². The van der Waals surface area contributed by atoms with Crippen LogP contribution in [0.15, 0.2) is 36.7 Å². The van der Waals surface area contributed by atoms with Crippen LogP contribution in [0.2, 0.25) is 0 Å². The Morgan fingerprint density at radius 3 is 2.60 bits per heavy atom. The minimum Gasteiger partial charge on any atom is -0.379 e. The number of aromatic nitrogens is 4. The van der Waals surface area contributed by atoms with Gasteiger partial charge in [0, 0.05) is 36.1 Å². The van der Waals surface area contributed by atoms with E-state index in [0.717, 1.165) is 42.4 Å². The molecule has 2 aromatic heterocycles. The number of hydrogen-bond donors (Lipinski definition) is 0. The molecule has 1 amide bonds. The molecule has 1 aliphatic carbocycles. The largest absolute Gasteiger partial charge is 0.416 e. The summed E-state index contributed by atoms with van der Waals surface area (Å²) in [6.45, 7) is 0.816. The van der Waals surface area contributed by atoms with E-state index in [1.54, 1.807) is 6.33 Å². The number of aryl methyl sites for hydroxylation is 1. The number of rotatable bonds is 5. The van der Waals surface area contributed by atoms with Crippen molar-refractivity contribution in [2.45, 2.75) is 49.7 Å². The predicted octanol–water partition coefficient (Wildman–Crippen LogP) is 4.17. The first kappa shape index (κ1) is 22.2. The van der Waals surface area contributed by atoms with Gasteiger partial charge in [-0.15, -0.1) is 10.2 Å². The molecule has 3 aromatic rings. The molecular formula is C25H24F3N5O2. The van der Waals surface area contributed by atoms with Gasteiger partial charge in [0.05, 0.1) is 25.3 Å². The predicted molar refractivity (Wildman–Crippen MR) is 120 cm³/mol. The molecule has 1 aromatic carbocycles. The van der Waals surface area contributed by atoms with Crippen molar-refractivity contribution in [3.63, 3.8) is 0 Å². The molecule has 0 N–H and O–H groups in total. The minimum absolute atomic E-state index is 0.00294. The van der Waals surface area contributed by atoms with E-state index in [1.807, 2.05) is 17.7 Å². The molecule has 35 heavy (non-hydrogen) atoms. The van der Waals surface area contributed by atoms with E-state index in [-0.39, 0.29) is 29.0 Å². The monoisotopic (exact) mass is 483 g/mol. The van der Waals surface area contributed by atoms with Gasteiger partial charge >= 0.3 is 6.18 Å². The van der Waals surface area contributed by atoms with Crippen LogP contribution < -0.4 is 4.90 Å². The smallest absolute Gasteiger partial charge is 0.379 e. The number of carbonyl (C=O) groups is 1. The summed E-state index contributed by atoms with van der Waals surface area (Å²) in [7, 11) is 1.89. The summed E-state index contributed by atoms with van der Waals surface area (Å²) in [6.07, 6.45) is 0.853. The molecule has 3 aliphatic rings. The molecule has 0 spiro atoms. The Balaban J connectivity index is 1.42. The molecule has 0 radical (unpaired) electrons. The number of hydrogen-bond acceptors (Lipinski definition) is 5. The lowest BCUT2D eigenvalue weighted by Gasteiger charge is -2.42. The van der Waals surface area contributed by atoms with Gasteiger partial charge in [0.1, 0.15) is 18.0 Å². The number of carbonyl (C=O) groups excluding carboxylic acids is 1. The van der Waals surface area contributed by atoms with Crippen LogP contribution in [0.3, 0.4) is 0 Å². The van der Waals surface area contributed by atoms with Gasteiger partial charge in [-0.1, -0.05) is 12.5 Å². The minimum atomic E-state index is -4.53. The van der Waals surface area contributed by atoms with Crippen LogP contribution in [-0.2, 0) is 36.3 Å². The lowest BCUT2D eigenvalue weighted by molar-refractivity contribution is -0.138. The first-order chi connectivity index (χ1) is 16.7. The van der Waals surface area contributed by atoms with Crippen molar-refractivity contribution in [2.24, 2.45) is 7.05 Å². The molecule has 2 fully saturated rings. The highest BCUT2D eigenvalue weighted by atomic mass is 19.4. The first-order valence-electron chi connectivity index (χ1n) is 11.7. The van der Waals surface area contributed by atoms with Crippen LogP contribution in [0, 0.1) is 0 Å². The van der Waals surface area contributed by atoms with Gasteiger partial charge in [-0.3, -0.25) is 9.69 Å². The molecule has 10 heteroatoms. The van der Waals surface area contributed by atoms with Gasteiger partial charge in [-0.2, -0.15) is 13.2 Å². The topological polar surface area (TPSA) is 73.1 Å². The van der Waals surface area contributed by atoms with Crippen molar-refractivity contribution in [1.82, 2.24) is 19.7 Å². The standard InChI is InChI=1S/C25H24F3N5O2/c1-32-14-29-31-22(32)10-24(12-35-13-24)16-8-20(15-4-2-5-15)30-21(9-16)33-11-18-17(23(33)34)6-3-7-19(18)25(26,27)28/h3,6-9,14-15H,2,4-5,10-13H2,1H3. The number of halogens is 3. The normalized spacial score (nSPS) is 19.4. The Bertz CT molecular complexity index is 1310. The second kappa shape index (κ2) is 7.87. The van der Waals surface area contributed by atoms with Crippen molar-refractivity contribution < 1.29 is 22.7 Å². The molecular weight excluding hydrogens is 459 g/mol. The summed E-state index contributed by atoms with van der Waals surface area (Å²) in [5.41, 5.74) is 0.809. The molecule has 0 atom stereocenters. The van der Waals surface area contributed by atoms with Crippen molar-refractivity contribution in [1.29, 1.82) is 0 Å². The number of amides is 1. The molecule has 2 aliphatic heterocycles. The molecule has 0 bridgehead atoms. The van der Waals surface area contributed by atoms with Gasteiger partial charge < -0.3 is 9.30 Å². The number of nitrogens with zero attached hydrogens (tertiary/aromatic N) is 5. The summed E-state index contributed by atoms with van der Waals surface area (Å²) < 4.78 is 48.4. The van der Waals surface area contributed by atoms with Crippen LogP contribution in [0.4, 0.5) is 19.0 Å². The molecule has 7 nitrogen and oxygen atoms in total. The number of fused-ring (bicyclic) bond motifs is 1. The SMILES string of the molecule is Cn1cnnc1CC1(c2cc(C3CCC3)nc(N3Cc4c(cccc4C(F)(F)F)C3=O)c2)COC1. The maximum absolute atomic E-state index is 13.6. The third-order valence-electron chi connectivity index (χ3n) is 7.58. The lowest BCUT2D eigenvalue weighted by atomic mass is 9.74. The maximum atomic E-state index is 13.6. The van der Waals surface area contributed by atoms with Crippen molar-refractivity contribution >= 4 is 11.7 Å². The third-order valence-corrected chi connectivity index (χ3v) is 7.58. The summed E-state index contributed by atoms with van der Waals surface area (Å²) in [4.78, 5) is 19.4. The number of alkyl halides is 3. The average Bonchev–Trinajstić information content (AvgIpc) is 3.31. The van der Waals surface area contributed by atoms with Gasteiger partial charge in [0.2, 0.25) is 0 Å². The molecule has 4 heterocycles. The highest BCUT2D eigenvalue weighted by Gasteiger charge is 2.44. The van der Waals surface area contributed by atoms with E-state index in [9.17, 15) is 18.0 Å². The van der Waals surface area contributed by atoms with E-state index >= 15 is 0 Å². The third kappa shape index (κ3) is 3.62. The molecule has 0 unspecified atom stereocenters. The first-order valence-corrected chi connectivity index (χ1v) is 11.7. The van der Waals surface area contributed by atoms with Crippen LogP contribution in [-0.4, -0.2) is 38.9 Å². The summed E-state index contributed by atoms with van der Waals surface area (Å²) in [6, 6.07) is 7.70. The van der Waals surface area contributed by atoms with E-state index < -0.39 is 17.6 Å². The molecule has 1 saturated heterocycles. The molecule has 6 rings (SSSR count). The van der Waals surface area contributed by atoms with Crippen LogP contribution in [0.25, 0.3) is 0 Å². The fraction of sp³-hybridized carbons (Fsp3) is 0.440. The van der Waals surface area contributed by atoms with Gasteiger partial charge in [-0.05, 0) is 48.2 Å². The van der Waals surface area contributed by atoms with E-state index in [2.05, 4.69) is 16.3 Å². The Morgan fingerprint density at radius 2 is 2.00 bits per heavy atom. The summed E-state index contributed by atoms with van der Waals surface area (Å²) >= 11 is 0. The quantitative estimate of drug-likeness (QED) is 0.545. The zero-order valence-electron chi connectivity index (χ0n) is 19.2. The number of benzene rings is 1. The van der Waals surface area contributed by atoms with Crippen molar-refractivity contribution in [2.75, 3.05) is 18.1 Å². The zero-order valence-corrected chi connectivity index (χ0v) is 19.2. The number of ether oxygens (including phenoxy) is 1. The van der Waals surface area contributed by atoms with E-state index in [1.165, 1.54) is 17.0 Å². The molecule has 1 saturated carbocycles. The van der Waals surface area contributed by atoms with E-state index in [4.69, 9.17) is 9.72 Å². The highest BCUT2D eigenvalue weighted by molar-refractivity contribution is 6.09. The fourth-order valence-electron chi connectivity index (χ4n) is 5.17. The number of pyridine rings is 1. The number of anilines is 1. The van der Waals surface area contributed by atoms with Crippen LogP contribution in [0.1, 0.15) is 63.7 Å². The lowest BCUT2D eigenvalue weighted by Crippen LogP contribution is -2.49. The van der Waals surface area contributed by atoms with Crippen LogP contribution >= 0.6 is 0 Å². The van der Waals surface area contributed by atoms with Crippen molar-refractivity contribution in [3.8, 4) is 0 Å². The average molecular weight is 483 g/mol. The maximum Gasteiger partial charge on any atom is 0.416 e. The Labute approximate surface area is 199 Å². The Hall–Kier alpha value is -3.27. The summed E-state index contributed by atoms with van der Waals surface area (Å²) in [5, 5.41) is 8.22. The van der Waals surface area contributed by atoms with E-state index in [0.29, 0.717) is 25.5 Å². The van der Waals surface area contributed by atoms with Crippen LogP contribution in [0.5, 0.6) is 0 Å². The molecule has 182 valence electrons. The Morgan fingerprint density at radius 1 is 1.20 bits per heavy atom. The van der Waals surface area contributed by atoms with Crippen molar-refractivity contribution in [3.05, 3.63) is 70.4 Å². The Kier molecular flexibility index (Phi) is 5.00. The second-order valence-electron chi connectivity index (χ2n) is 9.80. The van der Waals surface area contributed by atoms with Gasteiger partial charge in [0.15, 0.2) is 0 Å². The highest BCUT2D eigenvalue weighted by Crippen LogP contribution is 2.43.